The number of nitrogens with zero attached hydrogens (tertiary/aromatic N) is 3. The Morgan fingerprint density at radius 2 is 1.94 bits per heavy atom. The van der Waals surface area contributed by atoms with Crippen LogP contribution in [0.3, 0.4) is 0 Å². The van der Waals surface area contributed by atoms with Gasteiger partial charge in [-0.1, -0.05) is 11.6 Å². The van der Waals surface area contributed by atoms with Crippen LogP contribution in [0.4, 0.5) is 17.6 Å². The van der Waals surface area contributed by atoms with Crippen LogP contribution in [-0.4, -0.2) is 51.4 Å². The summed E-state index contributed by atoms with van der Waals surface area (Å²) in [4.78, 5) is 31.6. The molecule has 3 heterocycles. The van der Waals surface area contributed by atoms with Crippen molar-refractivity contribution < 1.29 is 27.2 Å². The van der Waals surface area contributed by atoms with Crippen LogP contribution >= 0.6 is 11.6 Å². The van der Waals surface area contributed by atoms with Crippen LogP contribution in [-0.2, 0) is 4.79 Å². The normalized spacial score (nSPS) is 19.1. The van der Waals surface area contributed by atoms with Crippen LogP contribution in [0.25, 0.3) is 5.52 Å². The number of aromatic nitrogens is 2. The molecule has 6 nitrogen and oxygen atoms in total. The molecule has 1 aromatic carbocycles. The fourth-order valence-corrected chi connectivity index (χ4v) is 4.48. The molecule has 0 spiro atoms. The summed E-state index contributed by atoms with van der Waals surface area (Å²) < 4.78 is 56.3. The molecule has 1 aliphatic heterocycles. The third-order valence-corrected chi connectivity index (χ3v) is 6.71. The predicted octanol–water partition coefficient (Wildman–Crippen LogP) is 4.83. The Hall–Kier alpha value is -3.14. The van der Waals surface area contributed by atoms with E-state index in [0.29, 0.717) is 16.6 Å². The summed E-state index contributed by atoms with van der Waals surface area (Å²) in [6, 6.07) is 6.32. The van der Waals surface area contributed by atoms with Crippen molar-refractivity contribution in [2.45, 2.75) is 38.4 Å². The lowest BCUT2D eigenvalue weighted by molar-refractivity contribution is -0.211. The highest BCUT2D eigenvalue weighted by atomic mass is 35.5. The third-order valence-electron chi connectivity index (χ3n) is 6.49. The number of halogens is 5. The number of carbonyl (C=O) groups is 2. The van der Waals surface area contributed by atoms with Crippen LogP contribution in [0.2, 0.25) is 5.02 Å². The summed E-state index contributed by atoms with van der Waals surface area (Å²) in [6.07, 6.45) is 0.331. The second-order valence-corrected chi connectivity index (χ2v) is 9.60. The fraction of sp³-hybridized carbons (Fsp3) is 0.375. The predicted molar refractivity (Wildman–Crippen MR) is 122 cm³/mol. The quantitative estimate of drug-likeness (QED) is 0.511. The SMILES string of the molecule is CC(C)(C(=O)N[C@@H]1CN(C(=O)c2cccn3cncc23)CC[C@H]1c1cc(F)cc(Cl)c1)C(F)(F)F. The van der Waals surface area contributed by atoms with Crippen LogP contribution in [0.15, 0.2) is 49.1 Å². The minimum absolute atomic E-state index is 0.0630. The van der Waals surface area contributed by atoms with E-state index in [1.165, 1.54) is 17.0 Å². The van der Waals surface area contributed by atoms with E-state index < -0.39 is 35.3 Å². The van der Waals surface area contributed by atoms with E-state index in [-0.39, 0.29) is 30.4 Å². The molecule has 1 N–H and O–H groups in total. The number of amides is 2. The molecule has 0 saturated carbocycles. The smallest absolute Gasteiger partial charge is 0.350 e. The van der Waals surface area contributed by atoms with Crippen molar-refractivity contribution >= 4 is 28.9 Å². The van der Waals surface area contributed by atoms with Crippen LogP contribution in [0.1, 0.15) is 42.1 Å². The van der Waals surface area contributed by atoms with E-state index in [2.05, 4.69) is 10.3 Å². The molecule has 4 rings (SSSR count). The highest BCUT2D eigenvalue weighted by Gasteiger charge is 2.53. The van der Waals surface area contributed by atoms with Gasteiger partial charge in [-0.3, -0.25) is 9.59 Å². The van der Waals surface area contributed by atoms with E-state index in [4.69, 9.17) is 11.6 Å². The van der Waals surface area contributed by atoms with E-state index in [9.17, 15) is 27.2 Å². The highest BCUT2D eigenvalue weighted by Crippen LogP contribution is 2.39. The van der Waals surface area contributed by atoms with Gasteiger partial charge in [0.15, 0.2) is 0 Å². The Morgan fingerprint density at radius 1 is 1.20 bits per heavy atom. The van der Waals surface area contributed by atoms with Crippen molar-refractivity contribution in [1.29, 1.82) is 0 Å². The van der Waals surface area contributed by atoms with Gasteiger partial charge in [-0.05, 0) is 56.2 Å². The number of fused-ring (bicyclic) bond motifs is 1. The molecular formula is C24H23ClF4N4O2. The van der Waals surface area contributed by atoms with Gasteiger partial charge < -0.3 is 14.6 Å². The molecule has 0 radical (unpaired) electrons. The van der Waals surface area contributed by atoms with Gasteiger partial charge in [0.2, 0.25) is 5.91 Å². The fourth-order valence-electron chi connectivity index (χ4n) is 4.25. The lowest BCUT2D eigenvalue weighted by atomic mass is 9.83. The monoisotopic (exact) mass is 510 g/mol. The molecular weight excluding hydrogens is 488 g/mol. The summed E-state index contributed by atoms with van der Waals surface area (Å²) in [5.74, 6) is -2.72. The topological polar surface area (TPSA) is 66.7 Å². The highest BCUT2D eigenvalue weighted by molar-refractivity contribution is 6.30. The van der Waals surface area contributed by atoms with Crippen molar-refractivity contribution in [2.24, 2.45) is 5.41 Å². The van der Waals surface area contributed by atoms with Gasteiger partial charge in [0.05, 0.1) is 29.6 Å². The lowest BCUT2D eigenvalue weighted by Crippen LogP contribution is -2.57. The van der Waals surface area contributed by atoms with Crippen molar-refractivity contribution in [3.05, 3.63) is 71.0 Å². The first-order chi connectivity index (χ1) is 16.4. The maximum Gasteiger partial charge on any atom is 0.402 e. The molecule has 1 saturated heterocycles. The lowest BCUT2D eigenvalue weighted by Gasteiger charge is -2.40. The molecule has 0 unspecified atom stereocenters. The van der Waals surface area contributed by atoms with E-state index in [1.54, 1.807) is 35.3 Å². The number of imidazole rings is 1. The van der Waals surface area contributed by atoms with Crippen molar-refractivity contribution in [3.63, 3.8) is 0 Å². The van der Waals surface area contributed by atoms with Gasteiger partial charge >= 0.3 is 6.18 Å². The number of nitrogens with one attached hydrogen (secondary N) is 1. The Labute approximate surface area is 203 Å². The van der Waals surface area contributed by atoms with Crippen molar-refractivity contribution in [1.82, 2.24) is 19.6 Å². The average Bonchev–Trinajstić information content (AvgIpc) is 3.26. The summed E-state index contributed by atoms with van der Waals surface area (Å²) >= 11 is 6.01. The van der Waals surface area contributed by atoms with E-state index in [1.807, 2.05) is 0 Å². The van der Waals surface area contributed by atoms with Gasteiger partial charge in [-0.15, -0.1) is 0 Å². The van der Waals surface area contributed by atoms with Crippen molar-refractivity contribution in [3.8, 4) is 0 Å². The van der Waals surface area contributed by atoms with Gasteiger partial charge in [0.25, 0.3) is 5.91 Å². The molecule has 11 heteroatoms. The van der Waals surface area contributed by atoms with E-state index in [0.717, 1.165) is 19.9 Å². The Morgan fingerprint density at radius 3 is 2.63 bits per heavy atom. The van der Waals surface area contributed by atoms with Crippen LogP contribution < -0.4 is 5.32 Å². The average molecular weight is 511 g/mol. The molecule has 35 heavy (non-hydrogen) atoms. The number of pyridine rings is 1. The van der Waals surface area contributed by atoms with Gasteiger partial charge in [0, 0.05) is 30.2 Å². The number of alkyl halides is 3. The number of piperidine rings is 1. The first-order valence-corrected chi connectivity index (χ1v) is 11.3. The summed E-state index contributed by atoms with van der Waals surface area (Å²) in [5.41, 5.74) is -1.27. The number of carbonyl (C=O) groups excluding carboxylic acids is 2. The largest absolute Gasteiger partial charge is 0.402 e. The molecule has 2 amide bonds. The van der Waals surface area contributed by atoms with E-state index >= 15 is 0 Å². The Bertz CT molecular complexity index is 1250. The third kappa shape index (κ3) is 4.84. The maximum absolute atomic E-state index is 14.1. The number of benzene rings is 1. The molecule has 1 aliphatic rings. The zero-order chi connectivity index (χ0) is 25.5. The molecule has 186 valence electrons. The molecule has 2 aromatic heterocycles. The molecule has 0 bridgehead atoms. The second-order valence-electron chi connectivity index (χ2n) is 9.16. The number of hydrogen-bond donors (Lipinski definition) is 1. The first kappa shape index (κ1) is 25.0. The minimum Gasteiger partial charge on any atom is -0.350 e. The molecule has 2 atom stereocenters. The summed E-state index contributed by atoms with van der Waals surface area (Å²) in [6.45, 7) is 1.78. The summed E-state index contributed by atoms with van der Waals surface area (Å²) in [7, 11) is 0. The molecule has 1 fully saturated rings. The maximum atomic E-state index is 14.1. The van der Waals surface area contributed by atoms with Crippen LogP contribution in [0.5, 0.6) is 0 Å². The summed E-state index contributed by atoms with van der Waals surface area (Å²) in [5, 5.41) is 2.62. The Balaban J connectivity index is 1.65. The van der Waals surface area contributed by atoms with Gasteiger partial charge in [-0.2, -0.15) is 13.2 Å². The second kappa shape index (κ2) is 9.14. The first-order valence-electron chi connectivity index (χ1n) is 10.9. The zero-order valence-corrected chi connectivity index (χ0v) is 19.7. The number of likely N-dealkylation sites (tertiary alicyclic amines) is 1. The molecule has 3 aromatic rings. The van der Waals surface area contributed by atoms with Crippen molar-refractivity contribution in [2.75, 3.05) is 13.1 Å². The molecule has 0 aliphatic carbocycles. The number of hydrogen-bond acceptors (Lipinski definition) is 3. The Kier molecular flexibility index (Phi) is 6.52. The van der Waals surface area contributed by atoms with Gasteiger partial charge in [-0.25, -0.2) is 9.37 Å². The van der Waals surface area contributed by atoms with Gasteiger partial charge in [0.1, 0.15) is 11.2 Å². The van der Waals surface area contributed by atoms with Crippen LogP contribution in [0, 0.1) is 11.2 Å². The standard InChI is InChI=1S/C24H23ClF4N4O2/c1-23(2,24(27,28)29)22(35)31-19-12-32(7-5-17(19)14-8-15(25)10-16(26)9-14)21(34)18-4-3-6-33-13-30-11-20(18)33/h3-4,6,8-11,13,17,19H,5,7,12H2,1-2H3,(H,31,35)/t17-,19+/m0/s1. The zero-order valence-electron chi connectivity index (χ0n) is 18.9. The number of rotatable bonds is 4. The minimum atomic E-state index is -4.78.